The summed E-state index contributed by atoms with van der Waals surface area (Å²) in [5, 5.41) is 6.57. The molecular weight excluding hydrogens is 502 g/mol. The summed E-state index contributed by atoms with van der Waals surface area (Å²) in [6, 6.07) is 6.88. The van der Waals surface area contributed by atoms with Gasteiger partial charge in [0.05, 0.1) is 4.88 Å². The van der Waals surface area contributed by atoms with Crippen LogP contribution in [0.25, 0.3) is 10.6 Å². The number of rotatable bonds is 5. The molecule has 0 bridgehead atoms. The summed E-state index contributed by atoms with van der Waals surface area (Å²) in [5.74, 6) is 0.854. The molecule has 1 aliphatic heterocycles. The van der Waals surface area contributed by atoms with Gasteiger partial charge in [0.15, 0.2) is 0 Å². The standard InChI is InChI=1S/C20H22BrN5O3S2/c1-3-14-11-18(27)23-24-20(14)16-4-5-19(30-16)31(28,29)26-8-6-25(7-9-26)17-10-13(2)15(21)12-22-17/h4-5,10-12H,3,6-9H2,1-2H3,(H,23,27). The van der Waals surface area contributed by atoms with Crippen molar-refractivity contribution < 1.29 is 8.42 Å². The predicted octanol–water partition coefficient (Wildman–Crippen LogP) is 3.04. The summed E-state index contributed by atoms with van der Waals surface area (Å²) < 4.78 is 29.2. The molecule has 0 atom stereocenters. The Morgan fingerprint density at radius 3 is 2.61 bits per heavy atom. The van der Waals surface area contributed by atoms with E-state index in [1.165, 1.54) is 21.7 Å². The van der Waals surface area contributed by atoms with E-state index in [1.807, 2.05) is 19.9 Å². The van der Waals surface area contributed by atoms with Crippen molar-refractivity contribution in [3.05, 3.63) is 56.4 Å². The van der Waals surface area contributed by atoms with Crippen molar-refractivity contribution in [3.63, 3.8) is 0 Å². The van der Waals surface area contributed by atoms with E-state index in [2.05, 4.69) is 36.0 Å². The molecule has 0 spiro atoms. The number of pyridine rings is 1. The minimum Gasteiger partial charge on any atom is -0.354 e. The van der Waals surface area contributed by atoms with Crippen LogP contribution in [-0.2, 0) is 16.4 Å². The van der Waals surface area contributed by atoms with Gasteiger partial charge in [-0.25, -0.2) is 18.5 Å². The highest BCUT2D eigenvalue weighted by Crippen LogP contribution is 2.33. The van der Waals surface area contributed by atoms with Crippen LogP contribution >= 0.6 is 27.3 Å². The number of nitrogens with zero attached hydrogens (tertiary/aromatic N) is 4. The SMILES string of the molecule is CCc1cc(=O)[nH]nc1-c1ccc(S(=O)(=O)N2CCN(c3cc(C)c(Br)cn3)CC2)s1. The van der Waals surface area contributed by atoms with Crippen molar-refractivity contribution in [1.82, 2.24) is 19.5 Å². The Balaban J connectivity index is 1.51. The third kappa shape index (κ3) is 4.45. The summed E-state index contributed by atoms with van der Waals surface area (Å²) in [7, 11) is -3.60. The lowest BCUT2D eigenvalue weighted by molar-refractivity contribution is 0.385. The number of H-pyrrole nitrogens is 1. The highest BCUT2D eigenvalue weighted by atomic mass is 79.9. The van der Waals surface area contributed by atoms with Crippen LogP contribution in [-0.4, -0.2) is 54.1 Å². The van der Waals surface area contributed by atoms with Gasteiger partial charge in [-0.1, -0.05) is 6.92 Å². The zero-order valence-corrected chi connectivity index (χ0v) is 20.3. The van der Waals surface area contributed by atoms with Gasteiger partial charge in [-0.2, -0.15) is 9.40 Å². The molecular formula is C20H22BrN5O3S2. The zero-order chi connectivity index (χ0) is 22.2. The number of anilines is 1. The Bertz CT molecular complexity index is 1260. The van der Waals surface area contributed by atoms with Gasteiger partial charge in [0.25, 0.3) is 15.6 Å². The third-order valence-electron chi connectivity index (χ3n) is 5.27. The average Bonchev–Trinajstić information content (AvgIpc) is 3.26. The van der Waals surface area contributed by atoms with Crippen molar-refractivity contribution in [2.75, 3.05) is 31.1 Å². The van der Waals surface area contributed by atoms with Gasteiger partial charge in [0.1, 0.15) is 15.7 Å². The number of thiophene rings is 1. The summed E-state index contributed by atoms with van der Waals surface area (Å²) in [6.07, 6.45) is 2.41. The second kappa shape index (κ2) is 8.81. The molecule has 0 unspecified atom stereocenters. The summed E-state index contributed by atoms with van der Waals surface area (Å²) in [6.45, 7) is 5.88. The fraction of sp³-hybridized carbons (Fsp3) is 0.350. The zero-order valence-electron chi connectivity index (χ0n) is 17.1. The first-order chi connectivity index (χ1) is 14.8. The second-order valence-corrected chi connectivity index (χ2v) is 11.4. The number of hydrogen-bond acceptors (Lipinski definition) is 7. The number of halogens is 1. The number of aryl methyl sites for hydroxylation is 2. The van der Waals surface area contributed by atoms with E-state index < -0.39 is 10.0 Å². The highest BCUT2D eigenvalue weighted by Gasteiger charge is 2.30. The van der Waals surface area contributed by atoms with Crippen LogP contribution in [0.1, 0.15) is 18.1 Å². The van der Waals surface area contributed by atoms with Gasteiger partial charge in [-0.3, -0.25) is 4.79 Å². The minimum absolute atomic E-state index is 0.265. The van der Waals surface area contributed by atoms with Gasteiger partial charge in [-0.05, 0) is 58.6 Å². The largest absolute Gasteiger partial charge is 0.354 e. The Morgan fingerprint density at radius 1 is 1.19 bits per heavy atom. The van der Waals surface area contributed by atoms with E-state index >= 15 is 0 Å². The monoisotopic (exact) mass is 523 g/mol. The molecule has 1 aliphatic rings. The molecule has 0 aliphatic carbocycles. The highest BCUT2D eigenvalue weighted by molar-refractivity contribution is 9.10. The van der Waals surface area contributed by atoms with E-state index in [0.29, 0.717) is 38.3 Å². The molecule has 8 nitrogen and oxygen atoms in total. The Hall–Kier alpha value is -2.08. The lowest BCUT2D eigenvalue weighted by Crippen LogP contribution is -2.48. The van der Waals surface area contributed by atoms with E-state index in [4.69, 9.17) is 0 Å². The minimum atomic E-state index is -3.60. The lowest BCUT2D eigenvalue weighted by Gasteiger charge is -2.34. The molecule has 4 heterocycles. The maximum atomic E-state index is 13.2. The van der Waals surface area contributed by atoms with Crippen LogP contribution in [0, 0.1) is 6.92 Å². The van der Waals surface area contributed by atoms with Crippen molar-refractivity contribution in [2.24, 2.45) is 0 Å². The van der Waals surface area contributed by atoms with E-state index in [9.17, 15) is 13.2 Å². The van der Waals surface area contributed by atoms with Crippen molar-refractivity contribution >= 4 is 43.1 Å². The van der Waals surface area contributed by atoms with Crippen LogP contribution in [0.3, 0.4) is 0 Å². The average molecular weight is 524 g/mol. The van der Waals surface area contributed by atoms with Crippen LogP contribution < -0.4 is 10.5 Å². The second-order valence-electron chi connectivity index (χ2n) is 7.26. The van der Waals surface area contributed by atoms with Crippen LogP contribution in [0.5, 0.6) is 0 Å². The molecule has 1 N–H and O–H groups in total. The maximum absolute atomic E-state index is 13.2. The van der Waals surface area contributed by atoms with Crippen molar-refractivity contribution in [2.45, 2.75) is 24.5 Å². The number of aromatic nitrogens is 3. The van der Waals surface area contributed by atoms with Crippen molar-refractivity contribution in [3.8, 4) is 10.6 Å². The van der Waals surface area contributed by atoms with Gasteiger partial charge >= 0.3 is 0 Å². The maximum Gasteiger partial charge on any atom is 0.264 e. The lowest BCUT2D eigenvalue weighted by atomic mass is 10.1. The molecule has 0 aromatic carbocycles. The third-order valence-corrected chi connectivity index (χ3v) is 9.56. The summed E-state index contributed by atoms with van der Waals surface area (Å²) in [5.41, 5.74) is 2.24. The Morgan fingerprint density at radius 2 is 1.94 bits per heavy atom. The van der Waals surface area contributed by atoms with Crippen LogP contribution in [0.2, 0.25) is 0 Å². The van der Waals surface area contributed by atoms with Gasteiger partial charge < -0.3 is 4.90 Å². The molecule has 3 aromatic heterocycles. The Labute approximate surface area is 193 Å². The first-order valence-corrected chi connectivity index (χ1v) is 12.9. The molecule has 1 fully saturated rings. The van der Waals surface area contributed by atoms with E-state index in [0.717, 1.165) is 26.3 Å². The molecule has 0 amide bonds. The normalized spacial score (nSPS) is 15.4. The molecule has 164 valence electrons. The molecule has 4 rings (SSSR count). The van der Waals surface area contributed by atoms with Gasteiger partial charge in [0, 0.05) is 42.9 Å². The van der Waals surface area contributed by atoms with Gasteiger partial charge in [0.2, 0.25) is 0 Å². The van der Waals surface area contributed by atoms with Crippen molar-refractivity contribution in [1.29, 1.82) is 0 Å². The van der Waals surface area contributed by atoms with Crippen LogP contribution in [0.4, 0.5) is 5.82 Å². The molecule has 1 saturated heterocycles. The number of aromatic amines is 1. The number of sulfonamides is 1. The fourth-order valence-corrected chi connectivity index (χ4v) is 6.62. The molecule has 3 aromatic rings. The summed E-state index contributed by atoms with van der Waals surface area (Å²) in [4.78, 5) is 18.8. The first-order valence-electron chi connectivity index (χ1n) is 9.85. The summed E-state index contributed by atoms with van der Waals surface area (Å²) >= 11 is 4.63. The number of nitrogens with one attached hydrogen (secondary N) is 1. The predicted molar refractivity (Wildman–Crippen MR) is 125 cm³/mol. The smallest absolute Gasteiger partial charge is 0.264 e. The number of piperazine rings is 1. The number of hydrogen-bond donors (Lipinski definition) is 1. The quantitative estimate of drug-likeness (QED) is 0.551. The molecule has 31 heavy (non-hydrogen) atoms. The molecule has 0 saturated carbocycles. The van der Waals surface area contributed by atoms with Gasteiger partial charge in [-0.15, -0.1) is 11.3 Å². The van der Waals surface area contributed by atoms with Crippen LogP contribution in [0.15, 0.2) is 43.9 Å². The first kappa shape index (κ1) is 22.1. The molecule has 0 radical (unpaired) electrons. The van der Waals surface area contributed by atoms with E-state index in [-0.39, 0.29) is 9.77 Å². The topological polar surface area (TPSA) is 99.3 Å². The fourth-order valence-electron chi connectivity index (χ4n) is 3.49. The van der Waals surface area contributed by atoms with E-state index in [1.54, 1.807) is 18.3 Å². The Kier molecular flexibility index (Phi) is 6.29. The molecule has 11 heteroatoms.